The van der Waals surface area contributed by atoms with E-state index in [1.165, 1.54) is 0 Å². The molecule has 2 aliphatic carbocycles. The number of ketones is 1. The molecular formula is C13H15NO3. The summed E-state index contributed by atoms with van der Waals surface area (Å²) < 4.78 is 1.75. The molecule has 1 heterocycles. The maximum Gasteiger partial charge on any atom is 0.352 e. The van der Waals surface area contributed by atoms with Crippen LogP contribution in [0.15, 0.2) is 6.07 Å². The molecule has 4 nitrogen and oxygen atoms in total. The van der Waals surface area contributed by atoms with E-state index >= 15 is 0 Å². The molecule has 0 bridgehead atoms. The Morgan fingerprint density at radius 2 is 2.18 bits per heavy atom. The lowest BCUT2D eigenvalue weighted by Crippen LogP contribution is -2.18. The van der Waals surface area contributed by atoms with Crippen LogP contribution in [0.4, 0.5) is 0 Å². The average molecular weight is 233 g/mol. The van der Waals surface area contributed by atoms with Crippen LogP contribution >= 0.6 is 0 Å². The molecule has 1 N–H and O–H groups in total. The van der Waals surface area contributed by atoms with Gasteiger partial charge in [0, 0.05) is 13.0 Å². The number of nitrogens with zero attached hydrogens (tertiary/aromatic N) is 1. The van der Waals surface area contributed by atoms with Crippen LogP contribution in [-0.2, 0) is 13.0 Å². The number of hydrogen-bond acceptors (Lipinski definition) is 2. The molecule has 2 aliphatic rings. The minimum atomic E-state index is -0.923. The molecule has 3 rings (SSSR count). The van der Waals surface area contributed by atoms with Gasteiger partial charge in [-0.3, -0.25) is 4.79 Å². The standard InChI is InChI=1S/C13H15NO3/c15-11-3-1-2-9-6-10(13(16)17)14(12(9)11)7-8-4-5-8/h6,8H,1-5,7H2,(H,16,17). The summed E-state index contributed by atoms with van der Waals surface area (Å²) in [6, 6.07) is 1.69. The van der Waals surface area contributed by atoms with Gasteiger partial charge < -0.3 is 9.67 Å². The van der Waals surface area contributed by atoms with Crippen LogP contribution in [0.1, 0.15) is 52.2 Å². The molecule has 0 aromatic carbocycles. The smallest absolute Gasteiger partial charge is 0.352 e. The van der Waals surface area contributed by atoms with Gasteiger partial charge in [-0.2, -0.15) is 0 Å². The summed E-state index contributed by atoms with van der Waals surface area (Å²) in [4.78, 5) is 23.1. The van der Waals surface area contributed by atoms with Crippen LogP contribution in [0.5, 0.6) is 0 Å². The van der Waals surface area contributed by atoms with E-state index in [0.29, 0.717) is 24.6 Å². The Bertz CT molecular complexity index is 497. The molecule has 90 valence electrons. The number of fused-ring (bicyclic) bond motifs is 1. The Labute approximate surface area is 99.2 Å². The van der Waals surface area contributed by atoms with Crippen LogP contribution in [0.3, 0.4) is 0 Å². The van der Waals surface area contributed by atoms with Crippen LogP contribution in [0, 0.1) is 5.92 Å². The quantitative estimate of drug-likeness (QED) is 0.869. The van der Waals surface area contributed by atoms with E-state index in [2.05, 4.69) is 0 Å². The Kier molecular flexibility index (Phi) is 2.31. The molecule has 0 amide bonds. The molecule has 0 spiro atoms. The largest absolute Gasteiger partial charge is 0.477 e. The lowest BCUT2D eigenvalue weighted by Gasteiger charge is -2.15. The fourth-order valence-corrected chi connectivity index (χ4v) is 2.61. The highest BCUT2D eigenvalue weighted by Gasteiger charge is 2.30. The third kappa shape index (κ3) is 1.77. The number of carbonyl (C=O) groups is 2. The lowest BCUT2D eigenvalue weighted by molar-refractivity contribution is 0.0684. The molecule has 1 fully saturated rings. The minimum absolute atomic E-state index is 0.111. The zero-order chi connectivity index (χ0) is 12.0. The van der Waals surface area contributed by atoms with Crippen molar-refractivity contribution in [1.82, 2.24) is 4.57 Å². The second-order valence-electron chi connectivity index (χ2n) is 5.04. The molecule has 1 aromatic rings. The van der Waals surface area contributed by atoms with E-state index < -0.39 is 5.97 Å². The Morgan fingerprint density at radius 3 is 2.82 bits per heavy atom. The second-order valence-corrected chi connectivity index (χ2v) is 5.04. The first-order chi connectivity index (χ1) is 8.16. The van der Waals surface area contributed by atoms with Crippen LogP contribution in [-0.4, -0.2) is 21.4 Å². The molecule has 0 radical (unpaired) electrons. The van der Waals surface area contributed by atoms with E-state index in [0.717, 1.165) is 31.2 Å². The third-order valence-electron chi connectivity index (χ3n) is 3.65. The van der Waals surface area contributed by atoms with Crippen LogP contribution < -0.4 is 0 Å². The van der Waals surface area contributed by atoms with Gasteiger partial charge >= 0.3 is 5.97 Å². The number of rotatable bonds is 3. The SMILES string of the molecule is O=C(O)c1cc2c(n1CC1CC1)C(=O)CCC2. The first kappa shape index (κ1) is 10.6. The number of aryl methyl sites for hydroxylation is 1. The van der Waals surface area contributed by atoms with Crippen molar-refractivity contribution < 1.29 is 14.7 Å². The van der Waals surface area contributed by atoms with Crippen LogP contribution in [0.2, 0.25) is 0 Å². The van der Waals surface area contributed by atoms with E-state index in [-0.39, 0.29) is 11.5 Å². The van der Waals surface area contributed by atoms with Crippen molar-refractivity contribution in [2.75, 3.05) is 0 Å². The molecule has 0 saturated heterocycles. The lowest BCUT2D eigenvalue weighted by atomic mass is 9.97. The topological polar surface area (TPSA) is 59.3 Å². The van der Waals surface area contributed by atoms with Crippen molar-refractivity contribution in [3.8, 4) is 0 Å². The molecule has 0 unspecified atom stereocenters. The van der Waals surface area contributed by atoms with Crippen molar-refractivity contribution in [3.63, 3.8) is 0 Å². The molecular weight excluding hydrogens is 218 g/mol. The van der Waals surface area contributed by atoms with Gasteiger partial charge in [0.2, 0.25) is 0 Å². The Morgan fingerprint density at radius 1 is 1.41 bits per heavy atom. The first-order valence-electron chi connectivity index (χ1n) is 6.15. The highest BCUT2D eigenvalue weighted by molar-refractivity contribution is 5.99. The molecule has 4 heteroatoms. The normalized spacial score (nSPS) is 19.2. The fourth-order valence-electron chi connectivity index (χ4n) is 2.61. The molecule has 0 aliphatic heterocycles. The summed E-state index contributed by atoms with van der Waals surface area (Å²) in [7, 11) is 0. The number of carboxylic acids is 1. The zero-order valence-corrected chi connectivity index (χ0v) is 9.61. The number of aromatic carboxylic acids is 1. The molecule has 17 heavy (non-hydrogen) atoms. The van der Waals surface area contributed by atoms with Crippen molar-refractivity contribution >= 4 is 11.8 Å². The van der Waals surface area contributed by atoms with Gasteiger partial charge in [0.25, 0.3) is 0 Å². The number of carboxylic acid groups (broad SMARTS) is 1. The van der Waals surface area contributed by atoms with Gasteiger partial charge in [-0.05, 0) is 43.2 Å². The predicted molar refractivity (Wildman–Crippen MR) is 61.4 cm³/mol. The Balaban J connectivity index is 2.09. The van der Waals surface area contributed by atoms with Gasteiger partial charge in [0.15, 0.2) is 5.78 Å². The van der Waals surface area contributed by atoms with E-state index in [1.54, 1.807) is 10.6 Å². The summed E-state index contributed by atoms with van der Waals surface area (Å²) >= 11 is 0. The average Bonchev–Trinajstić information content (AvgIpc) is 2.99. The monoisotopic (exact) mass is 233 g/mol. The van der Waals surface area contributed by atoms with Crippen molar-refractivity contribution in [2.45, 2.75) is 38.6 Å². The van der Waals surface area contributed by atoms with Gasteiger partial charge in [-0.1, -0.05) is 0 Å². The van der Waals surface area contributed by atoms with Gasteiger partial charge in [-0.25, -0.2) is 4.79 Å². The highest BCUT2D eigenvalue weighted by Crippen LogP contribution is 2.34. The first-order valence-corrected chi connectivity index (χ1v) is 6.15. The summed E-state index contributed by atoms with van der Waals surface area (Å²) in [5, 5.41) is 9.20. The molecule has 0 atom stereocenters. The molecule has 1 saturated carbocycles. The van der Waals surface area contributed by atoms with Gasteiger partial charge in [-0.15, -0.1) is 0 Å². The van der Waals surface area contributed by atoms with E-state index in [1.807, 2.05) is 0 Å². The molecule has 1 aromatic heterocycles. The zero-order valence-electron chi connectivity index (χ0n) is 9.61. The Hall–Kier alpha value is -1.58. The second kappa shape index (κ2) is 3.72. The highest BCUT2D eigenvalue weighted by atomic mass is 16.4. The van der Waals surface area contributed by atoms with Crippen LogP contribution in [0.25, 0.3) is 0 Å². The maximum absolute atomic E-state index is 11.9. The summed E-state index contributed by atoms with van der Waals surface area (Å²) in [6.45, 7) is 0.697. The number of hydrogen-bond donors (Lipinski definition) is 1. The number of aromatic nitrogens is 1. The fraction of sp³-hybridized carbons (Fsp3) is 0.538. The van der Waals surface area contributed by atoms with Crippen molar-refractivity contribution in [1.29, 1.82) is 0 Å². The van der Waals surface area contributed by atoms with Gasteiger partial charge in [0.05, 0.1) is 5.69 Å². The van der Waals surface area contributed by atoms with Crippen molar-refractivity contribution in [2.24, 2.45) is 5.92 Å². The van der Waals surface area contributed by atoms with E-state index in [4.69, 9.17) is 0 Å². The summed E-state index contributed by atoms with van der Waals surface area (Å²) in [6.07, 6.45) is 4.54. The van der Waals surface area contributed by atoms with Crippen molar-refractivity contribution in [3.05, 3.63) is 23.0 Å². The summed E-state index contributed by atoms with van der Waals surface area (Å²) in [5.41, 5.74) is 1.89. The summed E-state index contributed by atoms with van der Waals surface area (Å²) in [5.74, 6) is -0.244. The number of carbonyl (C=O) groups excluding carboxylic acids is 1. The van der Waals surface area contributed by atoms with Gasteiger partial charge in [0.1, 0.15) is 5.69 Å². The van der Waals surface area contributed by atoms with E-state index in [9.17, 15) is 14.7 Å². The predicted octanol–water partition coefficient (Wildman–Crippen LogP) is 2.12. The maximum atomic E-state index is 11.9. The minimum Gasteiger partial charge on any atom is -0.477 e. The third-order valence-corrected chi connectivity index (χ3v) is 3.65. The number of Topliss-reactive ketones (excluding diaryl/α,β-unsaturated/α-hetero) is 1.